The van der Waals surface area contributed by atoms with Crippen molar-refractivity contribution in [3.63, 3.8) is 0 Å². The van der Waals surface area contributed by atoms with E-state index in [2.05, 4.69) is 14.9 Å². The third-order valence-electron chi connectivity index (χ3n) is 2.52. The van der Waals surface area contributed by atoms with Crippen molar-refractivity contribution in [1.29, 1.82) is 0 Å². The molecule has 0 aliphatic carbocycles. The first-order valence-electron chi connectivity index (χ1n) is 5.29. The number of nitrogen functional groups attached to an aromatic ring is 1. The molecular weight excluding hydrogens is 252 g/mol. The normalized spacial score (nSPS) is 11.4. The molecule has 1 aromatic heterocycles. The molecule has 0 amide bonds. The van der Waals surface area contributed by atoms with Crippen molar-refractivity contribution in [1.82, 2.24) is 10.2 Å². The molecule has 6 nitrogen and oxygen atoms in total. The van der Waals surface area contributed by atoms with Crippen LogP contribution in [0.2, 0.25) is 0 Å². The molecule has 2 rings (SSSR count). The van der Waals surface area contributed by atoms with Crippen molar-refractivity contribution in [2.75, 3.05) is 10.5 Å². The zero-order valence-corrected chi connectivity index (χ0v) is 10.9. The number of hydrogen-bond donors (Lipinski definition) is 3. The molecule has 0 aliphatic rings. The number of hydrogen-bond acceptors (Lipinski definition) is 4. The van der Waals surface area contributed by atoms with E-state index in [1.165, 1.54) is 6.20 Å². The first-order valence-corrected chi connectivity index (χ1v) is 6.77. The fourth-order valence-electron chi connectivity index (χ4n) is 1.59. The number of benzene rings is 1. The fourth-order valence-corrected chi connectivity index (χ4v) is 2.81. The Morgan fingerprint density at radius 3 is 2.61 bits per heavy atom. The Morgan fingerprint density at radius 2 is 2.06 bits per heavy atom. The summed E-state index contributed by atoms with van der Waals surface area (Å²) in [7, 11) is -3.66. The number of aromatic nitrogens is 2. The first kappa shape index (κ1) is 12.4. The highest BCUT2D eigenvalue weighted by Gasteiger charge is 2.19. The molecule has 0 spiro atoms. The van der Waals surface area contributed by atoms with E-state index in [1.807, 2.05) is 6.92 Å². The van der Waals surface area contributed by atoms with Gasteiger partial charge in [-0.2, -0.15) is 5.10 Å². The van der Waals surface area contributed by atoms with E-state index in [1.54, 1.807) is 25.1 Å². The van der Waals surface area contributed by atoms with E-state index in [-0.39, 0.29) is 4.90 Å². The molecule has 1 aromatic carbocycles. The summed E-state index contributed by atoms with van der Waals surface area (Å²) >= 11 is 0. The second-order valence-corrected chi connectivity index (χ2v) is 5.71. The van der Waals surface area contributed by atoms with Crippen LogP contribution in [0.5, 0.6) is 0 Å². The lowest BCUT2D eigenvalue weighted by Gasteiger charge is -2.10. The largest absolute Gasteiger partial charge is 0.397 e. The van der Waals surface area contributed by atoms with Gasteiger partial charge in [-0.15, -0.1) is 0 Å². The minimum atomic E-state index is -3.66. The maximum atomic E-state index is 12.1. The number of sulfonamides is 1. The number of H-pyrrole nitrogens is 1. The molecule has 0 saturated carbocycles. The minimum Gasteiger partial charge on any atom is -0.397 e. The average molecular weight is 266 g/mol. The van der Waals surface area contributed by atoms with Crippen LogP contribution in [-0.2, 0) is 10.0 Å². The van der Waals surface area contributed by atoms with Gasteiger partial charge in [-0.25, -0.2) is 8.42 Å². The Hall–Kier alpha value is -2.02. The minimum absolute atomic E-state index is 0.113. The summed E-state index contributed by atoms with van der Waals surface area (Å²) in [4.78, 5) is 0.113. The summed E-state index contributed by atoms with van der Waals surface area (Å²) in [6, 6.07) is 5.13. The van der Waals surface area contributed by atoms with Gasteiger partial charge < -0.3 is 5.73 Å². The van der Waals surface area contributed by atoms with Crippen LogP contribution < -0.4 is 10.5 Å². The number of nitrogens with two attached hydrogens (primary N) is 1. The fraction of sp³-hybridized carbons (Fsp3) is 0.182. The van der Waals surface area contributed by atoms with Crippen LogP contribution in [0.4, 0.5) is 11.4 Å². The van der Waals surface area contributed by atoms with Crippen LogP contribution >= 0.6 is 0 Å². The van der Waals surface area contributed by atoms with Gasteiger partial charge in [0.2, 0.25) is 0 Å². The molecule has 0 saturated heterocycles. The van der Waals surface area contributed by atoms with Crippen molar-refractivity contribution >= 4 is 21.4 Å². The van der Waals surface area contributed by atoms with Gasteiger partial charge >= 0.3 is 0 Å². The van der Waals surface area contributed by atoms with Gasteiger partial charge in [-0.3, -0.25) is 9.82 Å². The monoisotopic (exact) mass is 266 g/mol. The maximum absolute atomic E-state index is 12.1. The van der Waals surface area contributed by atoms with Gasteiger partial charge in [0.05, 0.1) is 23.3 Å². The smallest absolute Gasteiger partial charge is 0.265 e. The number of rotatable bonds is 3. The van der Waals surface area contributed by atoms with Crippen LogP contribution in [-0.4, -0.2) is 18.6 Å². The van der Waals surface area contributed by atoms with Gasteiger partial charge in [-0.05, 0) is 31.5 Å². The van der Waals surface area contributed by atoms with Gasteiger partial charge in [0.1, 0.15) is 4.90 Å². The van der Waals surface area contributed by atoms with Crippen LogP contribution in [0.15, 0.2) is 29.3 Å². The zero-order valence-electron chi connectivity index (χ0n) is 10.1. The number of aromatic amines is 1. The summed E-state index contributed by atoms with van der Waals surface area (Å²) in [6.45, 7) is 3.52. The van der Waals surface area contributed by atoms with E-state index in [4.69, 9.17) is 5.73 Å². The Morgan fingerprint density at radius 1 is 1.33 bits per heavy atom. The molecule has 0 unspecified atom stereocenters. The molecule has 0 aliphatic heterocycles. The van der Waals surface area contributed by atoms with Gasteiger partial charge in [0, 0.05) is 0 Å². The van der Waals surface area contributed by atoms with Crippen molar-refractivity contribution in [2.45, 2.75) is 18.7 Å². The molecule has 18 heavy (non-hydrogen) atoms. The second kappa shape index (κ2) is 4.34. The van der Waals surface area contributed by atoms with E-state index in [0.717, 1.165) is 5.56 Å². The molecule has 7 heteroatoms. The van der Waals surface area contributed by atoms with E-state index in [0.29, 0.717) is 17.1 Å². The van der Waals surface area contributed by atoms with Crippen molar-refractivity contribution in [3.05, 3.63) is 35.7 Å². The molecular formula is C11H14N4O2S. The lowest BCUT2D eigenvalue weighted by atomic mass is 10.2. The molecule has 0 radical (unpaired) electrons. The standard InChI is InChI=1S/C11H14N4O2S/c1-7-3-4-10(9(12)5-7)15-18(16,17)11-6-13-14-8(11)2/h3-6,15H,12H2,1-2H3,(H,13,14). The highest BCUT2D eigenvalue weighted by Crippen LogP contribution is 2.23. The average Bonchev–Trinajstić information content (AvgIpc) is 2.69. The quantitative estimate of drug-likeness (QED) is 0.731. The third-order valence-corrected chi connectivity index (χ3v) is 4.00. The molecule has 0 bridgehead atoms. The SMILES string of the molecule is Cc1ccc(NS(=O)(=O)c2cn[nH]c2C)c(N)c1. The summed E-state index contributed by atoms with van der Waals surface area (Å²) in [5.41, 5.74) is 7.97. The first-order chi connectivity index (χ1) is 8.40. The highest BCUT2D eigenvalue weighted by atomic mass is 32.2. The van der Waals surface area contributed by atoms with Crippen LogP contribution in [0.3, 0.4) is 0 Å². The topological polar surface area (TPSA) is 101 Å². The Balaban J connectivity index is 2.37. The predicted molar refractivity (Wildman–Crippen MR) is 69.7 cm³/mol. The predicted octanol–water partition coefficient (Wildman–Crippen LogP) is 1.41. The molecule has 4 N–H and O–H groups in total. The van der Waals surface area contributed by atoms with Crippen LogP contribution in [0, 0.1) is 13.8 Å². The Bertz CT molecular complexity index is 676. The molecule has 1 heterocycles. The summed E-state index contributed by atoms with van der Waals surface area (Å²) in [6.07, 6.45) is 1.27. The summed E-state index contributed by atoms with van der Waals surface area (Å²) in [5, 5.41) is 6.27. The van der Waals surface area contributed by atoms with Crippen LogP contribution in [0.25, 0.3) is 0 Å². The maximum Gasteiger partial charge on any atom is 0.265 e. The van der Waals surface area contributed by atoms with E-state index >= 15 is 0 Å². The third kappa shape index (κ3) is 2.30. The van der Waals surface area contributed by atoms with Crippen molar-refractivity contribution in [2.24, 2.45) is 0 Å². The van der Waals surface area contributed by atoms with E-state index < -0.39 is 10.0 Å². The molecule has 96 valence electrons. The molecule has 0 atom stereocenters. The van der Waals surface area contributed by atoms with E-state index in [9.17, 15) is 8.42 Å². The second-order valence-electron chi connectivity index (χ2n) is 4.06. The number of nitrogens with zero attached hydrogens (tertiary/aromatic N) is 1. The summed E-state index contributed by atoms with van der Waals surface area (Å²) in [5.74, 6) is 0. The Labute approximate surface area is 105 Å². The van der Waals surface area contributed by atoms with Crippen molar-refractivity contribution < 1.29 is 8.42 Å². The lowest BCUT2D eigenvalue weighted by Crippen LogP contribution is -2.14. The zero-order chi connectivity index (χ0) is 13.3. The summed E-state index contributed by atoms with van der Waals surface area (Å²) < 4.78 is 26.6. The molecule has 0 fully saturated rings. The van der Waals surface area contributed by atoms with Gasteiger partial charge in [-0.1, -0.05) is 6.07 Å². The lowest BCUT2D eigenvalue weighted by molar-refractivity contribution is 0.600. The number of anilines is 2. The number of nitrogens with one attached hydrogen (secondary N) is 2. The van der Waals surface area contributed by atoms with Crippen LogP contribution in [0.1, 0.15) is 11.3 Å². The van der Waals surface area contributed by atoms with Gasteiger partial charge in [0.15, 0.2) is 0 Å². The number of aryl methyl sites for hydroxylation is 2. The Kier molecular flexibility index (Phi) is 3.00. The van der Waals surface area contributed by atoms with Crippen molar-refractivity contribution in [3.8, 4) is 0 Å². The highest BCUT2D eigenvalue weighted by molar-refractivity contribution is 7.92. The van der Waals surface area contributed by atoms with Gasteiger partial charge in [0.25, 0.3) is 10.0 Å². The molecule has 2 aromatic rings.